The Hall–Kier alpha value is -0.900. The lowest BCUT2D eigenvalue weighted by Gasteiger charge is -2.19. The predicted octanol–water partition coefficient (Wildman–Crippen LogP) is 1.52. The van der Waals surface area contributed by atoms with Crippen molar-refractivity contribution < 1.29 is 5.11 Å². The third-order valence-electron chi connectivity index (χ3n) is 2.85. The fraction of sp³-hybridized carbons (Fsp3) is 0.538. The van der Waals surface area contributed by atoms with Gasteiger partial charge in [-0.1, -0.05) is 38.1 Å². The van der Waals surface area contributed by atoms with Gasteiger partial charge in [-0.05, 0) is 30.0 Å². The summed E-state index contributed by atoms with van der Waals surface area (Å²) >= 11 is 0. The molecule has 3 nitrogen and oxygen atoms in total. The van der Waals surface area contributed by atoms with Gasteiger partial charge in [0.2, 0.25) is 0 Å². The van der Waals surface area contributed by atoms with Gasteiger partial charge in [0.15, 0.2) is 0 Å². The number of rotatable bonds is 5. The molecule has 0 bridgehead atoms. The van der Waals surface area contributed by atoms with Crippen molar-refractivity contribution in [1.82, 2.24) is 0 Å². The standard InChI is InChI=1S/C13H22N2O/c1-9(2)10-3-5-11(6-4-10)13(16)12(15)7-8-14/h3-6,9,12-13,16H,7-8,14-15H2,1-2H3. The summed E-state index contributed by atoms with van der Waals surface area (Å²) in [5.41, 5.74) is 13.4. The predicted molar refractivity (Wildman–Crippen MR) is 67.1 cm³/mol. The third-order valence-corrected chi connectivity index (χ3v) is 2.85. The van der Waals surface area contributed by atoms with Crippen molar-refractivity contribution in [3.63, 3.8) is 0 Å². The second-order valence-electron chi connectivity index (χ2n) is 4.51. The first-order chi connectivity index (χ1) is 7.56. The zero-order valence-electron chi connectivity index (χ0n) is 10.1. The molecule has 0 heterocycles. The Morgan fingerprint density at radius 3 is 2.06 bits per heavy atom. The number of aliphatic hydroxyl groups is 1. The second-order valence-corrected chi connectivity index (χ2v) is 4.51. The first-order valence-electron chi connectivity index (χ1n) is 5.79. The first-order valence-corrected chi connectivity index (χ1v) is 5.79. The molecule has 0 aromatic heterocycles. The molecule has 16 heavy (non-hydrogen) atoms. The van der Waals surface area contributed by atoms with Crippen LogP contribution in [0.3, 0.4) is 0 Å². The molecule has 1 aromatic carbocycles. The minimum atomic E-state index is -0.621. The van der Waals surface area contributed by atoms with Crippen molar-refractivity contribution in [2.45, 2.75) is 38.3 Å². The van der Waals surface area contributed by atoms with Crippen molar-refractivity contribution in [2.75, 3.05) is 6.54 Å². The van der Waals surface area contributed by atoms with Gasteiger partial charge < -0.3 is 16.6 Å². The fourth-order valence-corrected chi connectivity index (χ4v) is 1.68. The SMILES string of the molecule is CC(C)c1ccc(C(O)C(N)CCN)cc1. The van der Waals surface area contributed by atoms with Crippen molar-refractivity contribution in [3.8, 4) is 0 Å². The van der Waals surface area contributed by atoms with Gasteiger partial charge in [-0.15, -0.1) is 0 Å². The maximum absolute atomic E-state index is 9.97. The molecule has 0 amide bonds. The summed E-state index contributed by atoms with van der Waals surface area (Å²) in [6.07, 6.45) is 0.0115. The van der Waals surface area contributed by atoms with E-state index in [2.05, 4.69) is 13.8 Å². The Morgan fingerprint density at radius 1 is 1.12 bits per heavy atom. The van der Waals surface area contributed by atoms with Gasteiger partial charge in [0.05, 0.1) is 6.10 Å². The molecule has 5 N–H and O–H groups in total. The molecule has 0 spiro atoms. The lowest BCUT2D eigenvalue weighted by molar-refractivity contribution is 0.143. The molecule has 2 atom stereocenters. The van der Waals surface area contributed by atoms with Gasteiger partial charge in [-0.3, -0.25) is 0 Å². The quantitative estimate of drug-likeness (QED) is 0.707. The second kappa shape index (κ2) is 5.99. The number of nitrogens with two attached hydrogens (primary N) is 2. The van der Waals surface area contributed by atoms with E-state index in [1.807, 2.05) is 24.3 Å². The van der Waals surface area contributed by atoms with E-state index in [0.29, 0.717) is 18.9 Å². The summed E-state index contributed by atoms with van der Waals surface area (Å²) in [5, 5.41) is 9.97. The minimum absolute atomic E-state index is 0.283. The molecule has 0 saturated heterocycles. The van der Waals surface area contributed by atoms with E-state index in [-0.39, 0.29) is 6.04 Å². The van der Waals surface area contributed by atoms with Gasteiger partial charge in [0.1, 0.15) is 0 Å². The summed E-state index contributed by atoms with van der Waals surface area (Å²) in [7, 11) is 0. The number of aliphatic hydroxyl groups excluding tert-OH is 1. The smallest absolute Gasteiger partial charge is 0.0941 e. The highest BCUT2D eigenvalue weighted by Crippen LogP contribution is 2.20. The maximum Gasteiger partial charge on any atom is 0.0941 e. The molecule has 90 valence electrons. The van der Waals surface area contributed by atoms with Crippen LogP contribution in [0.1, 0.15) is 43.4 Å². The van der Waals surface area contributed by atoms with E-state index in [1.165, 1.54) is 5.56 Å². The van der Waals surface area contributed by atoms with Crippen molar-refractivity contribution >= 4 is 0 Å². The summed E-state index contributed by atoms with van der Waals surface area (Å²) < 4.78 is 0. The zero-order valence-corrected chi connectivity index (χ0v) is 10.1. The number of hydrogen-bond donors (Lipinski definition) is 3. The Balaban J connectivity index is 2.73. The Morgan fingerprint density at radius 2 is 1.62 bits per heavy atom. The van der Waals surface area contributed by atoms with E-state index < -0.39 is 6.10 Å². The highest BCUT2D eigenvalue weighted by atomic mass is 16.3. The van der Waals surface area contributed by atoms with E-state index in [0.717, 1.165) is 5.56 Å². The maximum atomic E-state index is 9.97. The summed E-state index contributed by atoms with van der Waals surface area (Å²) in [4.78, 5) is 0. The average Bonchev–Trinajstić information content (AvgIpc) is 2.28. The highest BCUT2D eigenvalue weighted by Gasteiger charge is 2.15. The van der Waals surface area contributed by atoms with Crippen LogP contribution in [-0.4, -0.2) is 17.7 Å². The number of benzene rings is 1. The molecule has 2 unspecified atom stereocenters. The van der Waals surface area contributed by atoms with Gasteiger partial charge in [-0.2, -0.15) is 0 Å². The van der Waals surface area contributed by atoms with E-state index in [9.17, 15) is 5.11 Å². The average molecular weight is 222 g/mol. The van der Waals surface area contributed by atoms with Gasteiger partial charge in [0, 0.05) is 6.04 Å². The Bertz CT molecular complexity index is 308. The van der Waals surface area contributed by atoms with Crippen LogP contribution in [0, 0.1) is 0 Å². The van der Waals surface area contributed by atoms with E-state index in [4.69, 9.17) is 11.5 Å². The first kappa shape index (κ1) is 13.2. The van der Waals surface area contributed by atoms with Crippen LogP contribution in [0.2, 0.25) is 0 Å². The Kier molecular flexibility index (Phi) is 4.93. The monoisotopic (exact) mass is 222 g/mol. The van der Waals surface area contributed by atoms with Crippen LogP contribution in [-0.2, 0) is 0 Å². The van der Waals surface area contributed by atoms with Gasteiger partial charge in [-0.25, -0.2) is 0 Å². The van der Waals surface area contributed by atoms with Crippen LogP contribution in [0.4, 0.5) is 0 Å². The molecule has 0 aliphatic heterocycles. The Labute approximate surface area is 97.5 Å². The lowest BCUT2D eigenvalue weighted by atomic mass is 9.96. The van der Waals surface area contributed by atoms with Crippen LogP contribution in [0.5, 0.6) is 0 Å². The normalized spacial score (nSPS) is 15.1. The van der Waals surface area contributed by atoms with Crippen molar-refractivity contribution in [1.29, 1.82) is 0 Å². The molecule has 3 heteroatoms. The van der Waals surface area contributed by atoms with Crippen molar-refractivity contribution in [2.24, 2.45) is 11.5 Å². The van der Waals surface area contributed by atoms with Gasteiger partial charge >= 0.3 is 0 Å². The molecule has 0 saturated carbocycles. The largest absolute Gasteiger partial charge is 0.387 e. The molecule has 1 rings (SSSR count). The fourth-order valence-electron chi connectivity index (χ4n) is 1.68. The van der Waals surface area contributed by atoms with Crippen LogP contribution < -0.4 is 11.5 Å². The summed E-state index contributed by atoms with van der Waals surface area (Å²) in [5.74, 6) is 0.504. The molecule has 0 fully saturated rings. The van der Waals surface area contributed by atoms with Crippen LogP contribution in [0.15, 0.2) is 24.3 Å². The molecular weight excluding hydrogens is 200 g/mol. The number of hydrogen-bond acceptors (Lipinski definition) is 3. The van der Waals surface area contributed by atoms with E-state index >= 15 is 0 Å². The third kappa shape index (κ3) is 3.30. The van der Waals surface area contributed by atoms with Gasteiger partial charge in [0.25, 0.3) is 0 Å². The molecule has 0 aliphatic rings. The van der Waals surface area contributed by atoms with E-state index in [1.54, 1.807) is 0 Å². The molecular formula is C13H22N2O. The summed E-state index contributed by atoms with van der Waals surface area (Å²) in [6, 6.07) is 7.68. The molecule has 1 aromatic rings. The highest BCUT2D eigenvalue weighted by molar-refractivity contribution is 5.26. The topological polar surface area (TPSA) is 72.3 Å². The zero-order chi connectivity index (χ0) is 12.1. The van der Waals surface area contributed by atoms with Crippen LogP contribution >= 0.6 is 0 Å². The summed E-state index contributed by atoms with van der Waals surface area (Å²) in [6.45, 7) is 4.79. The van der Waals surface area contributed by atoms with Crippen molar-refractivity contribution in [3.05, 3.63) is 35.4 Å². The molecule has 0 radical (unpaired) electrons. The lowest BCUT2D eigenvalue weighted by Crippen LogP contribution is -2.30. The molecule has 0 aliphatic carbocycles. The minimum Gasteiger partial charge on any atom is -0.387 e. The van der Waals surface area contributed by atoms with Crippen LogP contribution in [0.25, 0.3) is 0 Å².